The Kier molecular flexibility index (Phi) is 4.08. The lowest BCUT2D eigenvalue weighted by molar-refractivity contribution is 0.762. The van der Waals surface area contributed by atoms with Crippen LogP contribution in [0.3, 0.4) is 0 Å². The number of rotatable bonds is 2. The van der Waals surface area contributed by atoms with Crippen molar-refractivity contribution < 1.29 is 0 Å². The summed E-state index contributed by atoms with van der Waals surface area (Å²) in [5, 5.41) is 15.1. The van der Waals surface area contributed by atoms with Gasteiger partial charge in [0, 0.05) is 21.9 Å². The van der Waals surface area contributed by atoms with Gasteiger partial charge in [-0.15, -0.1) is 10.2 Å². The number of aryl methyl sites for hydroxylation is 1. The molecule has 1 aromatic heterocycles. The van der Waals surface area contributed by atoms with E-state index in [1.54, 1.807) is 28.6 Å². The van der Waals surface area contributed by atoms with Crippen LogP contribution in [-0.2, 0) is 0 Å². The van der Waals surface area contributed by atoms with Gasteiger partial charge in [-0.1, -0.05) is 59.2 Å². The first-order chi connectivity index (χ1) is 11.6. The van der Waals surface area contributed by atoms with Crippen molar-refractivity contribution in [3.05, 3.63) is 63.6 Å². The largest absolute Gasteiger partial charge is 0.212 e. The molecule has 0 saturated carbocycles. The number of hydrogen-bond acceptors (Lipinski definition) is 4. The monoisotopic (exact) mass is 374 g/mol. The van der Waals surface area contributed by atoms with Crippen LogP contribution in [0.5, 0.6) is 0 Å². The Morgan fingerprint density at radius 3 is 2.67 bits per heavy atom. The molecule has 0 fully saturated rings. The molecule has 120 valence electrons. The van der Waals surface area contributed by atoms with E-state index in [1.165, 1.54) is 5.56 Å². The van der Waals surface area contributed by atoms with Crippen LogP contribution in [-0.4, -0.2) is 26.3 Å². The second-order valence-electron chi connectivity index (χ2n) is 5.39. The van der Waals surface area contributed by atoms with Crippen LogP contribution in [0.25, 0.3) is 11.4 Å². The Morgan fingerprint density at radius 1 is 1.04 bits per heavy atom. The average Bonchev–Trinajstić information content (AvgIpc) is 2.98. The van der Waals surface area contributed by atoms with E-state index in [9.17, 15) is 0 Å². The first kappa shape index (κ1) is 15.7. The highest BCUT2D eigenvalue weighted by atomic mass is 35.5. The predicted octanol–water partition coefficient (Wildman–Crippen LogP) is 4.92. The fourth-order valence-electron chi connectivity index (χ4n) is 2.60. The molecule has 0 N–H and O–H groups in total. The van der Waals surface area contributed by atoms with Crippen LogP contribution in [0.2, 0.25) is 10.0 Å². The van der Waals surface area contributed by atoms with Crippen molar-refractivity contribution in [1.29, 1.82) is 0 Å². The van der Waals surface area contributed by atoms with Crippen LogP contribution in [0.4, 0.5) is 0 Å². The lowest BCUT2D eigenvalue weighted by Crippen LogP contribution is -2.14. The Balaban J connectivity index is 1.84. The summed E-state index contributed by atoms with van der Waals surface area (Å²) in [5.41, 5.74) is 4.09. The van der Waals surface area contributed by atoms with Gasteiger partial charge >= 0.3 is 0 Å². The van der Waals surface area contributed by atoms with Crippen LogP contribution < -0.4 is 0 Å². The minimum absolute atomic E-state index is 0.529. The molecule has 4 nitrogen and oxygen atoms in total. The molecule has 1 aliphatic rings. The molecule has 7 heteroatoms. The van der Waals surface area contributed by atoms with Crippen molar-refractivity contribution >= 4 is 40.7 Å². The highest BCUT2D eigenvalue weighted by molar-refractivity contribution is 7.99. The molecule has 0 amide bonds. The van der Waals surface area contributed by atoms with Gasteiger partial charge in [-0.2, -0.15) is 9.78 Å². The van der Waals surface area contributed by atoms with Gasteiger partial charge < -0.3 is 0 Å². The van der Waals surface area contributed by atoms with Gasteiger partial charge in [0.15, 0.2) is 5.82 Å². The molecule has 0 radical (unpaired) electrons. The van der Waals surface area contributed by atoms with E-state index in [1.807, 2.05) is 18.2 Å². The maximum Gasteiger partial charge on any atom is 0.212 e. The van der Waals surface area contributed by atoms with Crippen LogP contribution in [0.15, 0.2) is 52.7 Å². The third-order valence-corrected chi connectivity index (χ3v) is 5.28. The second-order valence-corrected chi connectivity index (χ2v) is 7.18. The predicted molar refractivity (Wildman–Crippen MR) is 99.3 cm³/mol. The zero-order chi connectivity index (χ0) is 16.7. The van der Waals surface area contributed by atoms with Gasteiger partial charge in [0.25, 0.3) is 0 Å². The maximum atomic E-state index is 6.32. The van der Waals surface area contributed by atoms with Crippen molar-refractivity contribution in [3.8, 4) is 11.4 Å². The average molecular weight is 375 g/mol. The zero-order valence-electron chi connectivity index (χ0n) is 12.7. The Labute approximate surface area is 153 Å². The standard InChI is InChI=1S/C17H12Cl2N4S/c1-10-4-2-3-5-12(10)15-9-24-17-21-20-16(23(17)22-15)13-7-6-11(18)8-14(13)19/h2-8H,9H2,1H3. The van der Waals surface area contributed by atoms with E-state index in [0.29, 0.717) is 15.9 Å². The number of thioether (sulfide) groups is 1. The summed E-state index contributed by atoms with van der Waals surface area (Å²) >= 11 is 13.9. The van der Waals surface area contributed by atoms with Gasteiger partial charge in [0.05, 0.1) is 10.7 Å². The topological polar surface area (TPSA) is 43.1 Å². The Hall–Kier alpha value is -1.82. The lowest BCUT2D eigenvalue weighted by Gasteiger charge is -2.15. The second kappa shape index (κ2) is 6.24. The maximum absolute atomic E-state index is 6.32. The number of benzene rings is 2. The molecule has 1 aliphatic heterocycles. The van der Waals surface area contributed by atoms with Crippen LogP contribution in [0.1, 0.15) is 11.1 Å². The van der Waals surface area contributed by atoms with Crippen LogP contribution in [0, 0.1) is 6.92 Å². The van der Waals surface area contributed by atoms with E-state index in [0.717, 1.165) is 27.7 Å². The number of fused-ring (bicyclic) bond motifs is 1. The first-order valence-electron chi connectivity index (χ1n) is 7.31. The Morgan fingerprint density at radius 2 is 1.88 bits per heavy atom. The zero-order valence-corrected chi connectivity index (χ0v) is 15.0. The van der Waals surface area contributed by atoms with Crippen molar-refractivity contribution in [2.45, 2.75) is 12.1 Å². The molecule has 0 unspecified atom stereocenters. The molecular formula is C17H12Cl2N4S. The molecular weight excluding hydrogens is 363 g/mol. The van der Waals surface area contributed by atoms with Gasteiger partial charge in [0.1, 0.15) is 0 Å². The molecule has 0 saturated heterocycles. The van der Waals surface area contributed by atoms with Gasteiger partial charge in [-0.05, 0) is 30.7 Å². The molecule has 0 spiro atoms. The van der Waals surface area contributed by atoms with Crippen LogP contribution >= 0.6 is 35.0 Å². The highest BCUT2D eigenvalue weighted by Crippen LogP contribution is 2.33. The fourth-order valence-corrected chi connectivity index (χ4v) is 3.92. The van der Waals surface area contributed by atoms with Gasteiger partial charge in [-0.3, -0.25) is 0 Å². The van der Waals surface area contributed by atoms with E-state index >= 15 is 0 Å². The van der Waals surface area contributed by atoms with Crippen molar-refractivity contribution in [1.82, 2.24) is 14.9 Å². The number of halogens is 2. The molecule has 24 heavy (non-hydrogen) atoms. The summed E-state index contributed by atoms with van der Waals surface area (Å²) in [7, 11) is 0. The molecule has 0 aliphatic carbocycles. The molecule has 2 heterocycles. The normalized spacial score (nSPS) is 13.5. The minimum atomic E-state index is 0.529. The summed E-state index contributed by atoms with van der Waals surface area (Å²) in [6, 6.07) is 13.5. The summed E-state index contributed by atoms with van der Waals surface area (Å²) in [6.07, 6.45) is 0. The molecule has 3 aromatic rings. The summed E-state index contributed by atoms with van der Waals surface area (Å²) < 4.78 is 1.76. The number of nitrogens with zero attached hydrogens (tertiary/aromatic N) is 4. The quantitative estimate of drug-likeness (QED) is 0.639. The van der Waals surface area contributed by atoms with E-state index in [2.05, 4.69) is 29.3 Å². The highest BCUT2D eigenvalue weighted by Gasteiger charge is 2.22. The molecule has 0 atom stereocenters. The molecule has 0 bridgehead atoms. The minimum Gasteiger partial charge on any atom is -0.186 e. The third-order valence-electron chi connectivity index (χ3n) is 3.80. The first-order valence-corrected chi connectivity index (χ1v) is 9.05. The van der Waals surface area contributed by atoms with E-state index in [-0.39, 0.29) is 0 Å². The van der Waals surface area contributed by atoms with Crippen molar-refractivity contribution in [3.63, 3.8) is 0 Å². The molecule has 4 rings (SSSR count). The van der Waals surface area contributed by atoms with Crippen molar-refractivity contribution in [2.75, 3.05) is 5.75 Å². The number of aromatic nitrogens is 3. The summed E-state index contributed by atoms with van der Waals surface area (Å²) in [5.74, 6) is 1.38. The number of hydrogen-bond donors (Lipinski definition) is 0. The van der Waals surface area contributed by atoms with Gasteiger partial charge in [0.2, 0.25) is 5.16 Å². The fraction of sp³-hybridized carbons (Fsp3) is 0.118. The lowest BCUT2D eigenvalue weighted by atomic mass is 10.1. The third kappa shape index (κ3) is 2.73. The van der Waals surface area contributed by atoms with E-state index < -0.39 is 0 Å². The Bertz CT molecular complexity index is 965. The van der Waals surface area contributed by atoms with Crippen molar-refractivity contribution in [2.24, 2.45) is 5.10 Å². The summed E-state index contributed by atoms with van der Waals surface area (Å²) in [6.45, 7) is 2.08. The summed E-state index contributed by atoms with van der Waals surface area (Å²) in [4.78, 5) is 0. The van der Waals surface area contributed by atoms with E-state index in [4.69, 9.17) is 28.3 Å². The SMILES string of the molecule is Cc1ccccc1C1=Nn2c(nnc2-c2ccc(Cl)cc2Cl)SC1. The smallest absolute Gasteiger partial charge is 0.186 e. The molecule has 2 aromatic carbocycles. The van der Waals surface area contributed by atoms with Gasteiger partial charge in [-0.25, -0.2) is 0 Å².